The van der Waals surface area contributed by atoms with Gasteiger partial charge in [-0.1, -0.05) is 32.9 Å². The molecule has 126 valence electrons. The summed E-state index contributed by atoms with van der Waals surface area (Å²) in [7, 11) is -3.49. The Hall–Kier alpha value is -1.40. The van der Waals surface area contributed by atoms with Crippen LogP contribution in [0.3, 0.4) is 0 Å². The van der Waals surface area contributed by atoms with Gasteiger partial charge >= 0.3 is 0 Å². The van der Waals surface area contributed by atoms with Gasteiger partial charge in [0.1, 0.15) is 0 Å². The highest BCUT2D eigenvalue weighted by Crippen LogP contribution is 2.39. The zero-order valence-electron chi connectivity index (χ0n) is 13.9. The Morgan fingerprint density at radius 1 is 1.17 bits per heavy atom. The van der Waals surface area contributed by atoms with Gasteiger partial charge < -0.3 is 5.32 Å². The summed E-state index contributed by atoms with van der Waals surface area (Å²) in [6.07, 6.45) is 1.17. The number of carbonyl (C=O) groups excluding carboxylic acids is 1. The Bertz CT molecular complexity index is 719. The lowest BCUT2D eigenvalue weighted by Crippen LogP contribution is -2.33. The summed E-state index contributed by atoms with van der Waals surface area (Å²) in [5, 5.41) is 2.83. The predicted octanol–water partition coefficient (Wildman–Crippen LogP) is 1.88. The van der Waals surface area contributed by atoms with Gasteiger partial charge in [0, 0.05) is 31.5 Å². The van der Waals surface area contributed by atoms with Gasteiger partial charge in [0.25, 0.3) is 0 Å². The Balaban J connectivity index is 1.81. The van der Waals surface area contributed by atoms with Crippen LogP contribution in [0.2, 0.25) is 0 Å². The molecule has 0 radical (unpaired) electrons. The summed E-state index contributed by atoms with van der Waals surface area (Å²) in [4.78, 5) is 11.8. The van der Waals surface area contributed by atoms with Crippen LogP contribution in [-0.4, -0.2) is 38.3 Å². The second-order valence-corrected chi connectivity index (χ2v) is 9.75. The molecule has 2 heterocycles. The first-order valence-corrected chi connectivity index (χ1v) is 9.44. The monoisotopic (exact) mass is 336 g/mol. The van der Waals surface area contributed by atoms with Gasteiger partial charge in [-0.25, -0.2) is 8.42 Å². The molecule has 1 amide bonds. The minimum atomic E-state index is -3.49. The third-order valence-corrected chi connectivity index (χ3v) is 6.82. The van der Waals surface area contributed by atoms with E-state index in [-0.39, 0.29) is 16.7 Å². The lowest BCUT2D eigenvalue weighted by atomic mass is 9.86. The quantitative estimate of drug-likeness (QED) is 0.897. The summed E-state index contributed by atoms with van der Waals surface area (Å²) < 4.78 is 27.2. The number of hydrogen-bond donors (Lipinski definition) is 1. The van der Waals surface area contributed by atoms with E-state index in [0.717, 1.165) is 12.0 Å². The number of nitrogens with one attached hydrogen (secondary N) is 1. The number of carbonyl (C=O) groups is 1. The Kier molecular flexibility index (Phi) is 3.80. The van der Waals surface area contributed by atoms with Gasteiger partial charge in [-0.2, -0.15) is 4.31 Å². The standard InChI is InChI=1S/C17H24N2O3S/c1-16(2,3)13-4-6-14(7-5-13)23(21,22)19-9-8-17(12-19)10-15(20)18-11-17/h4-7H,8-12H2,1-3H3,(H,18,20). The largest absolute Gasteiger partial charge is 0.355 e. The van der Waals surface area contributed by atoms with E-state index in [1.165, 1.54) is 4.31 Å². The van der Waals surface area contributed by atoms with Crippen LogP contribution in [0.15, 0.2) is 29.2 Å². The normalized spacial score (nSPS) is 26.0. The van der Waals surface area contributed by atoms with Crippen molar-refractivity contribution in [3.05, 3.63) is 29.8 Å². The second kappa shape index (κ2) is 5.31. The first kappa shape index (κ1) is 16.5. The summed E-state index contributed by atoms with van der Waals surface area (Å²) in [6.45, 7) is 7.80. The van der Waals surface area contributed by atoms with Gasteiger partial charge in [-0.05, 0) is 29.5 Å². The minimum Gasteiger partial charge on any atom is -0.355 e. The van der Waals surface area contributed by atoms with Crippen LogP contribution >= 0.6 is 0 Å². The zero-order chi connectivity index (χ0) is 16.9. The first-order chi connectivity index (χ1) is 10.6. The number of benzene rings is 1. The lowest BCUT2D eigenvalue weighted by molar-refractivity contribution is -0.119. The molecule has 5 nitrogen and oxygen atoms in total. The van der Waals surface area contributed by atoms with E-state index in [4.69, 9.17) is 0 Å². The van der Waals surface area contributed by atoms with Crippen molar-refractivity contribution in [1.29, 1.82) is 0 Å². The van der Waals surface area contributed by atoms with Gasteiger partial charge in [0.15, 0.2) is 0 Å². The summed E-state index contributed by atoms with van der Waals surface area (Å²) >= 11 is 0. The lowest BCUT2D eigenvalue weighted by Gasteiger charge is -2.22. The molecule has 1 spiro atoms. The van der Waals surface area contributed by atoms with Crippen LogP contribution in [0.25, 0.3) is 0 Å². The molecular weight excluding hydrogens is 312 g/mol. The minimum absolute atomic E-state index is 0.00409. The van der Waals surface area contributed by atoms with Crippen LogP contribution in [-0.2, 0) is 20.2 Å². The fourth-order valence-electron chi connectivity index (χ4n) is 3.42. The fraction of sp³-hybridized carbons (Fsp3) is 0.588. The SMILES string of the molecule is CC(C)(C)c1ccc(S(=O)(=O)N2CCC3(CNC(=O)C3)C2)cc1. The maximum Gasteiger partial charge on any atom is 0.243 e. The molecule has 0 saturated carbocycles. The number of amides is 1. The predicted molar refractivity (Wildman–Crippen MR) is 88.6 cm³/mol. The average molecular weight is 336 g/mol. The average Bonchev–Trinajstić information content (AvgIpc) is 3.05. The van der Waals surface area contributed by atoms with Crippen LogP contribution in [0.5, 0.6) is 0 Å². The molecule has 1 N–H and O–H groups in total. The Morgan fingerprint density at radius 2 is 1.83 bits per heavy atom. The topological polar surface area (TPSA) is 66.5 Å². The van der Waals surface area contributed by atoms with E-state index in [2.05, 4.69) is 26.1 Å². The van der Waals surface area contributed by atoms with Crippen LogP contribution in [0.1, 0.15) is 39.2 Å². The third-order valence-electron chi connectivity index (χ3n) is 4.96. The fourth-order valence-corrected chi connectivity index (χ4v) is 4.97. The van der Waals surface area contributed by atoms with E-state index >= 15 is 0 Å². The van der Waals surface area contributed by atoms with E-state index in [1.54, 1.807) is 12.1 Å². The van der Waals surface area contributed by atoms with Gasteiger partial charge in [0.05, 0.1) is 4.90 Å². The van der Waals surface area contributed by atoms with Crippen molar-refractivity contribution in [2.45, 2.75) is 43.9 Å². The maximum atomic E-state index is 12.8. The molecule has 0 bridgehead atoms. The molecule has 2 aliphatic heterocycles. The van der Waals surface area contributed by atoms with E-state index < -0.39 is 10.0 Å². The highest BCUT2D eigenvalue weighted by atomic mass is 32.2. The highest BCUT2D eigenvalue weighted by molar-refractivity contribution is 7.89. The third kappa shape index (κ3) is 3.02. The van der Waals surface area contributed by atoms with Crippen molar-refractivity contribution < 1.29 is 13.2 Å². The van der Waals surface area contributed by atoms with E-state index in [9.17, 15) is 13.2 Å². The number of nitrogens with zero attached hydrogens (tertiary/aromatic N) is 1. The van der Waals surface area contributed by atoms with Crippen molar-refractivity contribution in [3.8, 4) is 0 Å². The van der Waals surface area contributed by atoms with Crippen LogP contribution < -0.4 is 5.32 Å². The highest BCUT2D eigenvalue weighted by Gasteiger charge is 2.47. The maximum absolute atomic E-state index is 12.8. The molecule has 1 aromatic carbocycles. The molecular formula is C17H24N2O3S. The second-order valence-electron chi connectivity index (χ2n) is 7.82. The van der Waals surface area contributed by atoms with Gasteiger partial charge in [0.2, 0.25) is 15.9 Å². The number of sulfonamides is 1. The van der Waals surface area contributed by atoms with Gasteiger partial charge in [-0.3, -0.25) is 4.79 Å². The van der Waals surface area contributed by atoms with Crippen molar-refractivity contribution in [2.24, 2.45) is 5.41 Å². The number of hydrogen-bond acceptors (Lipinski definition) is 3. The molecule has 0 aromatic heterocycles. The first-order valence-electron chi connectivity index (χ1n) is 8.00. The van der Waals surface area contributed by atoms with E-state index in [1.807, 2.05) is 12.1 Å². The zero-order valence-corrected chi connectivity index (χ0v) is 14.7. The smallest absolute Gasteiger partial charge is 0.243 e. The number of rotatable bonds is 2. The van der Waals surface area contributed by atoms with E-state index in [0.29, 0.717) is 31.0 Å². The molecule has 0 aliphatic carbocycles. The van der Waals surface area contributed by atoms with Crippen molar-refractivity contribution in [3.63, 3.8) is 0 Å². The molecule has 2 aliphatic rings. The molecule has 1 aromatic rings. The molecule has 2 fully saturated rings. The Morgan fingerprint density at radius 3 is 2.35 bits per heavy atom. The van der Waals surface area contributed by atoms with Crippen molar-refractivity contribution >= 4 is 15.9 Å². The van der Waals surface area contributed by atoms with Crippen molar-refractivity contribution in [2.75, 3.05) is 19.6 Å². The van der Waals surface area contributed by atoms with Gasteiger partial charge in [-0.15, -0.1) is 0 Å². The summed E-state index contributed by atoms with van der Waals surface area (Å²) in [6, 6.07) is 7.16. The summed E-state index contributed by atoms with van der Waals surface area (Å²) in [5.41, 5.74) is 0.894. The molecule has 3 rings (SSSR count). The molecule has 1 unspecified atom stereocenters. The molecule has 1 atom stereocenters. The van der Waals surface area contributed by atoms with Crippen molar-refractivity contribution in [1.82, 2.24) is 9.62 Å². The molecule has 2 saturated heterocycles. The molecule has 6 heteroatoms. The van der Waals surface area contributed by atoms with Crippen LogP contribution in [0, 0.1) is 5.41 Å². The summed E-state index contributed by atoms with van der Waals surface area (Å²) in [5.74, 6) is 0.0266. The Labute approximate surface area is 138 Å². The molecule has 23 heavy (non-hydrogen) atoms. The van der Waals surface area contributed by atoms with Crippen LogP contribution in [0.4, 0.5) is 0 Å².